The average Bonchev–Trinajstić information content (AvgIpc) is 2.76. The molecule has 1 aliphatic rings. The first-order valence-electron chi connectivity index (χ1n) is 9.02. The van der Waals surface area contributed by atoms with Gasteiger partial charge in [-0.3, -0.25) is 0 Å². The van der Waals surface area contributed by atoms with Crippen LogP contribution in [0.4, 0.5) is 0 Å². The number of benzene rings is 1. The summed E-state index contributed by atoms with van der Waals surface area (Å²) in [5, 5.41) is 48.2. The molecule has 5 N–H and O–H groups in total. The maximum Gasteiger partial charge on any atom is 0.336 e. The van der Waals surface area contributed by atoms with Crippen molar-refractivity contribution in [3.8, 4) is 0 Å². The normalized spacial score (nSPS) is 27.4. The molecular weight excluding hydrogens is 400 g/mol. The van der Waals surface area contributed by atoms with Crippen molar-refractivity contribution >= 4 is 18.0 Å². The molecule has 30 heavy (non-hydrogen) atoms. The molecule has 1 aromatic rings. The van der Waals surface area contributed by atoms with Crippen LogP contribution in [0.5, 0.6) is 0 Å². The predicted molar refractivity (Wildman–Crippen MR) is 101 cm³/mol. The zero-order valence-corrected chi connectivity index (χ0v) is 15.9. The van der Waals surface area contributed by atoms with Crippen LogP contribution in [0.2, 0.25) is 0 Å². The van der Waals surface area contributed by atoms with Crippen molar-refractivity contribution < 1.29 is 49.3 Å². The summed E-state index contributed by atoms with van der Waals surface area (Å²) in [5.74, 6) is -1.94. The molecule has 0 spiro atoms. The Kier molecular flexibility index (Phi) is 8.66. The van der Waals surface area contributed by atoms with Gasteiger partial charge in [0.2, 0.25) is 6.29 Å². The van der Waals surface area contributed by atoms with Gasteiger partial charge in [-0.25, -0.2) is 9.59 Å². The molecule has 6 atom stereocenters. The summed E-state index contributed by atoms with van der Waals surface area (Å²) in [7, 11) is 0. The molecule has 1 aromatic carbocycles. The number of hydrogen-bond donors (Lipinski definition) is 5. The molecule has 0 bridgehead atoms. The Morgan fingerprint density at radius 1 is 1.13 bits per heavy atom. The first kappa shape index (κ1) is 23.7. The van der Waals surface area contributed by atoms with Crippen LogP contribution in [0.1, 0.15) is 5.56 Å². The molecule has 0 amide bonds. The largest absolute Gasteiger partial charge is 0.459 e. The first-order valence-corrected chi connectivity index (χ1v) is 9.02. The molecular formula is C20H24O10. The average molecular weight is 424 g/mol. The Bertz CT molecular complexity index is 762. The predicted octanol–water partition coefficient (Wildman–Crippen LogP) is -1.50. The Morgan fingerprint density at radius 2 is 1.80 bits per heavy atom. The topological polar surface area (TPSA) is 163 Å². The second-order valence-corrected chi connectivity index (χ2v) is 6.52. The van der Waals surface area contributed by atoms with Gasteiger partial charge in [0.15, 0.2) is 0 Å². The fourth-order valence-electron chi connectivity index (χ4n) is 2.53. The van der Waals surface area contributed by atoms with E-state index in [4.69, 9.17) is 19.3 Å². The molecule has 1 aliphatic heterocycles. The maximum atomic E-state index is 12.0. The highest BCUT2D eigenvalue weighted by atomic mass is 16.7. The lowest BCUT2D eigenvalue weighted by molar-refractivity contribution is -0.291. The Labute approximate surface area is 172 Å². The molecule has 0 saturated carbocycles. The zero-order chi connectivity index (χ0) is 22.3. The highest BCUT2D eigenvalue weighted by Gasteiger charge is 2.46. The van der Waals surface area contributed by atoms with Gasteiger partial charge in [-0.05, 0) is 11.6 Å². The first-order chi connectivity index (χ1) is 14.2. The number of carbonyl (C=O) groups is 2. The lowest BCUT2D eigenvalue weighted by Gasteiger charge is -2.39. The highest BCUT2D eigenvalue weighted by Crippen LogP contribution is 2.23. The van der Waals surface area contributed by atoms with Gasteiger partial charge >= 0.3 is 11.9 Å². The molecule has 10 nitrogen and oxygen atoms in total. The summed E-state index contributed by atoms with van der Waals surface area (Å²) in [6.45, 7) is 1.94. The summed E-state index contributed by atoms with van der Waals surface area (Å²) < 4.78 is 15.1. The van der Waals surface area contributed by atoms with Gasteiger partial charge in [0.1, 0.15) is 37.1 Å². The van der Waals surface area contributed by atoms with Gasteiger partial charge < -0.3 is 39.7 Å². The van der Waals surface area contributed by atoms with E-state index in [1.165, 1.54) is 6.08 Å². The zero-order valence-electron chi connectivity index (χ0n) is 15.9. The molecule has 2 rings (SSSR count). The Morgan fingerprint density at radius 3 is 2.43 bits per heavy atom. The number of ether oxygens (including phenoxy) is 3. The van der Waals surface area contributed by atoms with Crippen molar-refractivity contribution in [2.75, 3.05) is 13.2 Å². The smallest absolute Gasteiger partial charge is 0.336 e. The number of esters is 2. The fraction of sp³-hybridized carbons (Fsp3) is 0.400. The number of hydrogen-bond acceptors (Lipinski definition) is 10. The summed E-state index contributed by atoms with van der Waals surface area (Å²) in [4.78, 5) is 23.8. The third-order valence-electron chi connectivity index (χ3n) is 4.33. The minimum absolute atomic E-state index is 0.419. The Balaban J connectivity index is 1.96. The van der Waals surface area contributed by atoms with Crippen molar-refractivity contribution in [2.24, 2.45) is 0 Å². The van der Waals surface area contributed by atoms with Crippen LogP contribution in [0.3, 0.4) is 0 Å². The van der Waals surface area contributed by atoms with Crippen molar-refractivity contribution in [2.45, 2.75) is 36.8 Å². The highest BCUT2D eigenvalue weighted by molar-refractivity contribution is 5.88. The van der Waals surface area contributed by atoms with Crippen LogP contribution in [0, 0.1) is 0 Å². The maximum absolute atomic E-state index is 12.0. The van der Waals surface area contributed by atoms with Crippen LogP contribution in [-0.4, -0.2) is 87.5 Å². The van der Waals surface area contributed by atoms with Gasteiger partial charge in [0.25, 0.3) is 0 Å². The minimum atomic E-state index is -1.75. The quantitative estimate of drug-likeness (QED) is 0.245. The molecule has 1 fully saturated rings. The molecule has 0 aliphatic carbocycles. The Hall–Kier alpha value is -2.60. The number of carbonyl (C=O) groups excluding carboxylic acids is 2. The second-order valence-electron chi connectivity index (χ2n) is 6.52. The molecule has 1 unspecified atom stereocenters. The van der Waals surface area contributed by atoms with E-state index in [2.05, 4.69) is 6.58 Å². The summed E-state index contributed by atoms with van der Waals surface area (Å²) >= 11 is 0. The van der Waals surface area contributed by atoms with Gasteiger partial charge in [-0.2, -0.15) is 0 Å². The lowest BCUT2D eigenvalue weighted by Crippen LogP contribution is -2.59. The van der Waals surface area contributed by atoms with E-state index in [9.17, 15) is 30.0 Å². The number of aliphatic hydroxyl groups excluding tert-OH is 5. The van der Waals surface area contributed by atoms with E-state index in [0.29, 0.717) is 0 Å². The van der Waals surface area contributed by atoms with E-state index in [-0.39, 0.29) is 0 Å². The van der Waals surface area contributed by atoms with Crippen LogP contribution in [-0.2, 0) is 23.8 Å². The van der Waals surface area contributed by atoms with Gasteiger partial charge in [0.05, 0.1) is 12.2 Å². The molecule has 0 aromatic heterocycles. The van der Waals surface area contributed by atoms with Crippen molar-refractivity contribution in [3.63, 3.8) is 0 Å². The standard InChI is InChI=1S/C20H24O10/c1-11(13(22)9-21)19(27)28-10-14-16(24)17(25)18(26)20(29-14)30-15(23)8-7-12-5-3-2-4-6-12/h2-8,13-14,16-18,20-22,24-26H,1,9-10H2/t13?,14-,16-,17+,18-,20+/m1/s1. The monoisotopic (exact) mass is 424 g/mol. The van der Waals surface area contributed by atoms with Crippen LogP contribution in [0.25, 0.3) is 6.08 Å². The minimum Gasteiger partial charge on any atom is -0.459 e. The van der Waals surface area contributed by atoms with Crippen LogP contribution >= 0.6 is 0 Å². The van der Waals surface area contributed by atoms with Gasteiger partial charge in [-0.15, -0.1) is 0 Å². The molecule has 0 radical (unpaired) electrons. The van der Waals surface area contributed by atoms with Gasteiger partial charge in [-0.1, -0.05) is 36.9 Å². The van der Waals surface area contributed by atoms with E-state index in [1.807, 2.05) is 0 Å². The summed E-state index contributed by atoms with van der Waals surface area (Å²) in [6.07, 6.45) is -7.07. The number of rotatable bonds is 8. The molecule has 1 saturated heterocycles. The molecule has 1 heterocycles. The third-order valence-corrected chi connectivity index (χ3v) is 4.33. The van der Waals surface area contributed by atoms with E-state index in [1.54, 1.807) is 30.3 Å². The summed E-state index contributed by atoms with van der Waals surface area (Å²) in [5.41, 5.74) is 0.308. The van der Waals surface area contributed by atoms with Crippen LogP contribution < -0.4 is 0 Å². The van der Waals surface area contributed by atoms with E-state index >= 15 is 0 Å². The van der Waals surface area contributed by atoms with E-state index in [0.717, 1.165) is 11.6 Å². The molecule has 10 heteroatoms. The fourth-order valence-corrected chi connectivity index (χ4v) is 2.53. The molecule has 164 valence electrons. The lowest BCUT2D eigenvalue weighted by atomic mass is 9.99. The summed E-state index contributed by atoms with van der Waals surface area (Å²) in [6, 6.07) is 8.86. The van der Waals surface area contributed by atoms with Crippen molar-refractivity contribution in [3.05, 3.63) is 54.1 Å². The SMILES string of the molecule is C=C(C(=O)OC[C@H]1O[C@@H](OC(=O)C=Cc2ccccc2)[C@H](O)[C@@H](O)[C@@H]1O)C(O)CO. The van der Waals surface area contributed by atoms with Crippen LogP contribution in [0.15, 0.2) is 48.6 Å². The second kappa shape index (κ2) is 11.0. The third kappa shape index (κ3) is 6.20. The van der Waals surface area contributed by atoms with Crippen molar-refractivity contribution in [1.29, 1.82) is 0 Å². The van der Waals surface area contributed by atoms with E-state index < -0.39 is 67.5 Å². The van der Waals surface area contributed by atoms with Gasteiger partial charge in [0, 0.05) is 6.08 Å². The number of aliphatic hydroxyl groups is 5. The van der Waals surface area contributed by atoms with Crippen molar-refractivity contribution in [1.82, 2.24) is 0 Å².